The fraction of sp³-hybridized carbons (Fsp3) is 0.500. The minimum absolute atomic E-state index is 0.0820. The Morgan fingerprint density at radius 3 is 2.60 bits per heavy atom. The van der Waals surface area contributed by atoms with Gasteiger partial charge in [-0.05, 0) is 12.1 Å². The maximum Gasteiger partial charge on any atom is 0.323 e. The third-order valence-electron chi connectivity index (χ3n) is 2.67. The second kappa shape index (κ2) is 7.00. The maximum absolute atomic E-state index is 12.0. The van der Waals surface area contributed by atoms with Crippen molar-refractivity contribution in [1.29, 1.82) is 0 Å². The number of amides is 2. The van der Waals surface area contributed by atoms with E-state index in [-0.39, 0.29) is 24.6 Å². The highest BCUT2D eigenvalue weighted by molar-refractivity contribution is 5.88. The largest absolute Gasteiger partial charge is 0.395 e. The van der Waals surface area contributed by atoms with Crippen LogP contribution in [0.1, 0.15) is 26.5 Å². The Morgan fingerprint density at radius 1 is 1.45 bits per heavy atom. The van der Waals surface area contributed by atoms with Gasteiger partial charge in [0, 0.05) is 18.5 Å². The van der Waals surface area contributed by atoms with Crippen LogP contribution in [-0.4, -0.2) is 45.9 Å². The normalized spacial score (nSPS) is 11.0. The van der Waals surface area contributed by atoms with Gasteiger partial charge in [0.1, 0.15) is 0 Å². The van der Waals surface area contributed by atoms with Crippen molar-refractivity contribution in [3.8, 4) is 0 Å². The van der Waals surface area contributed by atoms with Crippen LogP contribution in [-0.2, 0) is 5.41 Å². The number of nitrogens with zero attached hydrogens (tertiary/aromatic N) is 3. The van der Waals surface area contributed by atoms with Gasteiger partial charge >= 0.3 is 6.03 Å². The molecule has 1 heterocycles. The van der Waals surface area contributed by atoms with Gasteiger partial charge in [0.2, 0.25) is 0 Å². The van der Waals surface area contributed by atoms with E-state index in [1.54, 1.807) is 12.1 Å². The summed E-state index contributed by atoms with van der Waals surface area (Å²) < 4.78 is 0. The highest BCUT2D eigenvalue weighted by Crippen LogP contribution is 2.19. The molecule has 2 amide bonds. The third kappa shape index (κ3) is 4.62. The summed E-state index contributed by atoms with van der Waals surface area (Å²) in [5, 5.41) is 19.7. The first-order valence-electron chi connectivity index (χ1n) is 6.50. The van der Waals surface area contributed by atoms with Gasteiger partial charge in [-0.25, -0.2) is 4.79 Å². The van der Waals surface area contributed by atoms with Gasteiger partial charge in [0.05, 0.1) is 12.3 Å². The van der Waals surface area contributed by atoms with Gasteiger partial charge in [-0.1, -0.05) is 26.8 Å². The summed E-state index contributed by atoms with van der Waals surface area (Å²) in [7, 11) is 0. The molecule has 0 saturated heterocycles. The molecule has 0 unspecified atom stereocenters. The lowest BCUT2D eigenvalue weighted by molar-refractivity contribution is 0.195. The molecule has 0 aliphatic rings. The molecular weight excluding hydrogens is 256 g/mol. The number of hydrogen-bond donors (Lipinski definition) is 2. The summed E-state index contributed by atoms with van der Waals surface area (Å²) in [6.45, 7) is 10.2. The monoisotopic (exact) mass is 278 g/mol. The molecule has 0 saturated carbocycles. The van der Waals surface area contributed by atoms with Crippen molar-refractivity contribution in [2.24, 2.45) is 0 Å². The molecule has 0 atom stereocenters. The predicted octanol–water partition coefficient (Wildman–Crippen LogP) is 1.79. The summed E-state index contributed by atoms with van der Waals surface area (Å²) in [6, 6.07) is 3.22. The fourth-order valence-electron chi connectivity index (χ4n) is 1.54. The number of urea groups is 1. The molecule has 0 aliphatic heterocycles. The number of rotatable bonds is 5. The molecule has 2 N–H and O–H groups in total. The number of aliphatic hydroxyl groups excluding tert-OH is 1. The van der Waals surface area contributed by atoms with E-state index in [1.807, 2.05) is 26.8 Å². The van der Waals surface area contributed by atoms with Gasteiger partial charge in [0.25, 0.3) is 0 Å². The van der Waals surface area contributed by atoms with E-state index in [9.17, 15) is 4.79 Å². The number of hydrogen-bond acceptors (Lipinski definition) is 4. The summed E-state index contributed by atoms with van der Waals surface area (Å²) >= 11 is 0. The summed E-state index contributed by atoms with van der Waals surface area (Å²) in [6.07, 6.45) is 1.60. The second-order valence-electron chi connectivity index (χ2n) is 5.44. The molecule has 6 heteroatoms. The zero-order valence-corrected chi connectivity index (χ0v) is 12.3. The van der Waals surface area contributed by atoms with E-state index < -0.39 is 0 Å². The van der Waals surface area contributed by atoms with Crippen molar-refractivity contribution in [2.75, 3.05) is 25.0 Å². The Kier molecular flexibility index (Phi) is 5.64. The van der Waals surface area contributed by atoms with E-state index in [0.29, 0.717) is 12.4 Å². The molecule has 0 radical (unpaired) electrons. The number of aliphatic hydroxyl groups is 1. The van der Waals surface area contributed by atoms with Crippen molar-refractivity contribution in [3.63, 3.8) is 0 Å². The van der Waals surface area contributed by atoms with Crippen LogP contribution in [0.4, 0.5) is 10.6 Å². The molecule has 0 aliphatic carbocycles. The number of aromatic nitrogens is 2. The SMILES string of the molecule is C=CCN(CCO)C(=O)Nc1ccc(C(C)(C)C)nn1. The molecule has 1 aromatic heterocycles. The van der Waals surface area contributed by atoms with Crippen LogP contribution in [0.2, 0.25) is 0 Å². The van der Waals surface area contributed by atoms with Crippen molar-refractivity contribution in [3.05, 3.63) is 30.5 Å². The van der Waals surface area contributed by atoms with E-state index in [0.717, 1.165) is 5.69 Å². The summed E-state index contributed by atoms with van der Waals surface area (Å²) in [4.78, 5) is 13.4. The smallest absolute Gasteiger partial charge is 0.323 e. The number of anilines is 1. The molecule has 20 heavy (non-hydrogen) atoms. The minimum Gasteiger partial charge on any atom is -0.395 e. The third-order valence-corrected chi connectivity index (χ3v) is 2.67. The average Bonchev–Trinajstić information content (AvgIpc) is 2.38. The Hall–Kier alpha value is -1.95. The van der Waals surface area contributed by atoms with Gasteiger partial charge in [-0.15, -0.1) is 11.7 Å². The van der Waals surface area contributed by atoms with Gasteiger partial charge in [0.15, 0.2) is 5.82 Å². The van der Waals surface area contributed by atoms with Crippen LogP contribution < -0.4 is 5.32 Å². The van der Waals surface area contributed by atoms with Crippen molar-refractivity contribution in [1.82, 2.24) is 15.1 Å². The number of carbonyl (C=O) groups excluding carboxylic acids is 1. The van der Waals surface area contributed by atoms with Gasteiger partial charge in [-0.2, -0.15) is 5.10 Å². The molecule has 0 spiro atoms. The molecule has 6 nitrogen and oxygen atoms in total. The van der Waals surface area contributed by atoms with Crippen LogP contribution in [0.15, 0.2) is 24.8 Å². The average molecular weight is 278 g/mol. The quantitative estimate of drug-likeness (QED) is 0.805. The molecule has 0 bridgehead atoms. The van der Waals surface area contributed by atoms with Crippen LogP contribution in [0.25, 0.3) is 0 Å². The Balaban J connectivity index is 2.72. The van der Waals surface area contributed by atoms with Crippen LogP contribution in [0, 0.1) is 0 Å². The first-order valence-corrected chi connectivity index (χ1v) is 6.50. The highest BCUT2D eigenvalue weighted by atomic mass is 16.3. The van der Waals surface area contributed by atoms with E-state index in [1.165, 1.54) is 4.90 Å². The number of nitrogens with one attached hydrogen (secondary N) is 1. The predicted molar refractivity (Wildman–Crippen MR) is 78.6 cm³/mol. The topological polar surface area (TPSA) is 78.4 Å². The molecule has 0 fully saturated rings. The summed E-state index contributed by atoms with van der Waals surface area (Å²) in [5.74, 6) is 0.384. The van der Waals surface area contributed by atoms with E-state index in [4.69, 9.17) is 5.11 Å². The van der Waals surface area contributed by atoms with Crippen molar-refractivity contribution >= 4 is 11.8 Å². The minimum atomic E-state index is -0.336. The first kappa shape index (κ1) is 16.1. The lowest BCUT2D eigenvalue weighted by atomic mass is 9.92. The second-order valence-corrected chi connectivity index (χ2v) is 5.44. The summed E-state index contributed by atoms with van der Waals surface area (Å²) in [5.41, 5.74) is 0.773. The maximum atomic E-state index is 12.0. The lowest BCUT2D eigenvalue weighted by Gasteiger charge is -2.20. The highest BCUT2D eigenvalue weighted by Gasteiger charge is 2.17. The van der Waals surface area contributed by atoms with E-state index >= 15 is 0 Å². The molecule has 1 aromatic rings. The van der Waals surface area contributed by atoms with Crippen LogP contribution in [0.5, 0.6) is 0 Å². The molecule has 110 valence electrons. The molecule has 0 aromatic carbocycles. The van der Waals surface area contributed by atoms with Crippen molar-refractivity contribution < 1.29 is 9.90 Å². The number of carbonyl (C=O) groups is 1. The van der Waals surface area contributed by atoms with Gasteiger partial charge < -0.3 is 10.0 Å². The van der Waals surface area contributed by atoms with Gasteiger partial charge in [-0.3, -0.25) is 5.32 Å². The van der Waals surface area contributed by atoms with Crippen LogP contribution >= 0.6 is 0 Å². The Bertz CT molecular complexity index is 451. The standard InChI is InChI=1S/C14H22N4O2/c1-5-8-18(9-10-19)13(20)15-12-7-6-11(16-17-12)14(2,3)4/h5-7,19H,1,8-10H2,2-4H3,(H,15,17,20). The van der Waals surface area contributed by atoms with Crippen molar-refractivity contribution in [2.45, 2.75) is 26.2 Å². The van der Waals surface area contributed by atoms with E-state index in [2.05, 4.69) is 22.1 Å². The fourth-order valence-corrected chi connectivity index (χ4v) is 1.54. The van der Waals surface area contributed by atoms with Crippen LogP contribution in [0.3, 0.4) is 0 Å². The Morgan fingerprint density at radius 2 is 2.15 bits per heavy atom. The lowest BCUT2D eigenvalue weighted by Crippen LogP contribution is -2.37. The molecular formula is C14H22N4O2. The zero-order valence-electron chi connectivity index (χ0n) is 12.3. The first-order chi connectivity index (χ1) is 9.38. The Labute approximate surface area is 119 Å². The zero-order chi connectivity index (χ0) is 15.2. The molecule has 1 rings (SSSR count).